The molecule has 1 unspecified atom stereocenters. The van der Waals surface area contributed by atoms with Gasteiger partial charge in [-0.25, -0.2) is 4.68 Å². The lowest BCUT2D eigenvalue weighted by Gasteiger charge is -2.18. The molecular weight excluding hydrogens is 353 g/mol. The number of pyridine rings is 1. The molecule has 134 valence electrons. The fourth-order valence-electron chi connectivity index (χ4n) is 2.39. The molecule has 0 saturated carbocycles. The monoisotopic (exact) mass is 370 g/mol. The summed E-state index contributed by atoms with van der Waals surface area (Å²) in [5.74, 6) is 0. The van der Waals surface area contributed by atoms with Crippen molar-refractivity contribution in [3.8, 4) is 5.69 Å². The second-order valence-corrected chi connectivity index (χ2v) is 8.64. The Morgan fingerprint density at radius 2 is 1.96 bits per heavy atom. The zero-order valence-electron chi connectivity index (χ0n) is 14.0. The highest BCUT2D eigenvalue weighted by atomic mass is 32.2. The summed E-state index contributed by atoms with van der Waals surface area (Å²) in [4.78, 5) is 3.35. The first-order chi connectivity index (χ1) is 11.6. The van der Waals surface area contributed by atoms with Crippen LogP contribution in [0.3, 0.4) is 0 Å². The van der Waals surface area contributed by atoms with Crippen LogP contribution in [-0.4, -0.2) is 29.8 Å². The van der Waals surface area contributed by atoms with E-state index in [0.29, 0.717) is 18.6 Å². The molecule has 0 amide bonds. The van der Waals surface area contributed by atoms with E-state index in [1.807, 2.05) is 20.8 Å². The maximum atomic E-state index is 12.8. The number of aryl methyl sites for hydroxylation is 1. The first-order valence-corrected chi connectivity index (χ1v) is 8.78. The quantitative estimate of drug-likeness (QED) is 0.760. The molecule has 1 atom stereocenters. The van der Waals surface area contributed by atoms with E-state index in [-0.39, 0.29) is 5.69 Å². The molecule has 0 bridgehead atoms. The number of aromatic nitrogens is 3. The Balaban J connectivity index is 1.94. The summed E-state index contributed by atoms with van der Waals surface area (Å²) >= 11 is -1.39. The van der Waals surface area contributed by atoms with Gasteiger partial charge in [0.1, 0.15) is 27.5 Å². The molecule has 9 heteroatoms. The first-order valence-electron chi connectivity index (χ1n) is 7.68. The molecule has 0 aromatic carbocycles. The smallest absolute Gasteiger partial charge is 0.433 e. The number of hydrogen-bond donors (Lipinski definition) is 0. The summed E-state index contributed by atoms with van der Waals surface area (Å²) in [7, 11) is 0. The third-order valence-electron chi connectivity index (χ3n) is 3.72. The highest BCUT2D eigenvalue weighted by Gasteiger charge is 2.33. The van der Waals surface area contributed by atoms with Crippen molar-refractivity contribution in [2.45, 2.75) is 44.5 Å². The summed E-state index contributed by atoms with van der Waals surface area (Å²) in [6, 6.07) is 2.41. The van der Waals surface area contributed by atoms with Gasteiger partial charge in [0.15, 0.2) is 0 Å². The van der Waals surface area contributed by atoms with Crippen LogP contribution in [0.5, 0.6) is 0 Å². The highest BCUT2D eigenvalue weighted by Crippen LogP contribution is 2.30. The molecule has 1 aliphatic rings. The Bertz CT molecular complexity index is 824. The van der Waals surface area contributed by atoms with Crippen LogP contribution in [0, 0.1) is 0 Å². The standard InChI is InChI=1S/C16H17F3N4OS/c1-15(2,3)25(24)22-13-5-4-12-11(13)9-23(21-12)10-6-7-20-14(8-10)16(17,18)19/h6-9H,4-5H2,1-3H3. The first kappa shape index (κ1) is 17.9. The van der Waals surface area contributed by atoms with Crippen LogP contribution in [0.1, 0.15) is 44.1 Å². The van der Waals surface area contributed by atoms with E-state index in [9.17, 15) is 17.7 Å². The van der Waals surface area contributed by atoms with Crippen molar-refractivity contribution in [2.75, 3.05) is 0 Å². The summed E-state index contributed by atoms with van der Waals surface area (Å²) < 4.78 is 55.9. The van der Waals surface area contributed by atoms with Gasteiger partial charge in [0.05, 0.1) is 11.4 Å². The van der Waals surface area contributed by atoms with Gasteiger partial charge in [0.25, 0.3) is 0 Å². The molecular formula is C16H17F3N4OS. The summed E-state index contributed by atoms with van der Waals surface area (Å²) in [6.07, 6.45) is -0.516. The molecule has 0 fully saturated rings. The number of halogens is 3. The molecule has 0 spiro atoms. The van der Waals surface area contributed by atoms with Crippen molar-refractivity contribution in [1.29, 1.82) is 0 Å². The third kappa shape index (κ3) is 3.72. The summed E-state index contributed by atoms with van der Waals surface area (Å²) in [6.45, 7) is 5.51. The number of alkyl halides is 3. The van der Waals surface area contributed by atoms with Gasteiger partial charge in [-0.05, 0) is 39.3 Å². The van der Waals surface area contributed by atoms with Crippen molar-refractivity contribution < 1.29 is 17.7 Å². The molecule has 2 aromatic heterocycles. The second-order valence-electron chi connectivity index (χ2n) is 6.73. The third-order valence-corrected chi connectivity index (χ3v) is 5.15. The van der Waals surface area contributed by atoms with E-state index in [1.54, 1.807) is 6.20 Å². The minimum atomic E-state index is -4.51. The maximum Gasteiger partial charge on any atom is 0.433 e. The molecule has 25 heavy (non-hydrogen) atoms. The topological polar surface area (TPSA) is 66.1 Å². The zero-order chi connectivity index (χ0) is 18.4. The van der Waals surface area contributed by atoms with Crippen molar-refractivity contribution in [1.82, 2.24) is 14.8 Å². The largest absolute Gasteiger partial charge is 0.591 e. The van der Waals surface area contributed by atoms with Gasteiger partial charge < -0.3 is 4.55 Å². The Morgan fingerprint density at radius 1 is 1.24 bits per heavy atom. The van der Waals surface area contributed by atoms with Crippen LogP contribution in [-0.2, 0) is 24.0 Å². The number of rotatable bonds is 2. The van der Waals surface area contributed by atoms with Crippen LogP contribution in [0.2, 0.25) is 0 Å². The average molecular weight is 370 g/mol. The van der Waals surface area contributed by atoms with Crippen LogP contribution in [0.4, 0.5) is 13.2 Å². The van der Waals surface area contributed by atoms with E-state index in [4.69, 9.17) is 0 Å². The van der Waals surface area contributed by atoms with Gasteiger partial charge >= 0.3 is 6.18 Å². The summed E-state index contributed by atoms with van der Waals surface area (Å²) in [5, 5.41) is 4.35. The van der Waals surface area contributed by atoms with E-state index in [2.05, 4.69) is 14.5 Å². The van der Waals surface area contributed by atoms with Crippen LogP contribution >= 0.6 is 0 Å². The molecule has 0 aliphatic heterocycles. The van der Waals surface area contributed by atoms with Gasteiger partial charge in [0, 0.05) is 24.4 Å². The number of hydrogen-bond acceptors (Lipinski definition) is 4. The lowest BCUT2D eigenvalue weighted by Crippen LogP contribution is -2.26. The molecule has 0 N–H and O–H groups in total. The maximum absolute atomic E-state index is 12.8. The SMILES string of the molecule is CC(C)(C)[S+]([O-])N=C1CCc2nn(-c3ccnc(C(F)(F)F)c3)cc21. The Hall–Kier alpha value is -1.87. The lowest BCUT2D eigenvalue weighted by molar-refractivity contribution is -0.141. The van der Waals surface area contributed by atoms with Gasteiger partial charge in [-0.2, -0.15) is 18.3 Å². The molecule has 0 saturated heterocycles. The Morgan fingerprint density at radius 3 is 2.60 bits per heavy atom. The predicted molar refractivity (Wildman–Crippen MR) is 89.1 cm³/mol. The number of nitrogens with zero attached hydrogens (tertiary/aromatic N) is 4. The predicted octanol–water partition coefficient (Wildman–Crippen LogP) is 3.48. The number of fused-ring (bicyclic) bond motifs is 1. The van der Waals surface area contributed by atoms with Crippen LogP contribution in [0.15, 0.2) is 28.9 Å². The van der Waals surface area contributed by atoms with Gasteiger partial charge in [-0.15, -0.1) is 0 Å². The molecule has 2 heterocycles. The molecule has 3 rings (SSSR count). The minimum absolute atomic E-state index is 0.271. The normalized spacial score (nSPS) is 17.8. The lowest BCUT2D eigenvalue weighted by atomic mass is 10.2. The second kappa shape index (κ2) is 6.14. The van der Waals surface area contributed by atoms with Gasteiger partial charge in [0.2, 0.25) is 0 Å². The Kier molecular flexibility index (Phi) is 4.40. The van der Waals surface area contributed by atoms with Crippen molar-refractivity contribution >= 4 is 17.1 Å². The highest BCUT2D eigenvalue weighted by molar-refractivity contribution is 7.91. The van der Waals surface area contributed by atoms with E-state index < -0.39 is 28.0 Å². The fraction of sp³-hybridized carbons (Fsp3) is 0.438. The van der Waals surface area contributed by atoms with Crippen molar-refractivity contribution in [3.63, 3.8) is 0 Å². The van der Waals surface area contributed by atoms with Gasteiger partial charge in [-0.1, -0.05) is 4.40 Å². The minimum Gasteiger partial charge on any atom is -0.591 e. The van der Waals surface area contributed by atoms with Crippen LogP contribution < -0.4 is 0 Å². The van der Waals surface area contributed by atoms with E-state index >= 15 is 0 Å². The average Bonchev–Trinajstić information content (AvgIpc) is 3.07. The fourth-order valence-corrected chi connectivity index (χ4v) is 3.05. The van der Waals surface area contributed by atoms with Crippen LogP contribution in [0.25, 0.3) is 5.69 Å². The molecule has 2 aromatic rings. The van der Waals surface area contributed by atoms with Crippen molar-refractivity contribution in [2.24, 2.45) is 4.40 Å². The van der Waals surface area contributed by atoms with E-state index in [0.717, 1.165) is 23.5 Å². The molecule has 1 aliphatic carbocycles. The molecule has 0 radical (unpaired) electrons. The molecule has 5 nitrogen and oxygen atoms in total. The van der Waals surface area contributed by atoms with E-state index in [1.165, 1.54) is 10.7 Å². The summed E-state index contributed by atoms with van der Waals surface area (Å²) in [5.41, 5.74) is 1.47. The zero-order valence-corrected chi connectivity index (χ0v) is 14.8. The Labute approximate surface area is 146 Å². The van der Waals surface area contributed by atoms with Crippen molar-refractivity contribution in [3.05, 3.63) is 41.5 Å². The van der Waals surface area contributed by atoms with Gasteiger partial charge in [-0.3, -0.25) is 4.98 Å².